The van der Waals surface area contributed by atoms with Gasteiger partial charge in [0.2, 0.25) is 17.7 Å². The minimum atomic E-state index is -1.23. The summed E-state index contributed by atoms with van der Waals surface area (Å²) in [6.07, 6.45) is 5.54. The summed E-state index contributed by atoms with van der Waals surface area (Å²) in [5, 5.41) is 1.30. The fourth-order valence-corrected chi connectivity index (χ4v) is 8.53. The number of carbonyl (C=O) groups is 4. The number of imide groups is 2. The van der Waals surface area contributed by atoms with Crippen molar-refractivity contribution in [2.24, 2.45) is 11.3 Å². The molecule has 1 saturated heterocycles. The molecule has 6 aliphatic rings. The first-order chi connectivity index (χ1) is 18.0. The number of hydrogen-bond acceptors (Lipinski definition) is 8. The van der Waals surface area contributed by atoms with E-state index in [-0.39, 0.29) is 6.04 Å². The number of methoxy groups -OCH3 is 2. The molecule has 4 aliphatic carbocycles. The lowest BCUT2D eigenvalue weighted by Gasteiger charge is -2.70. The summed E-state index contributed by atoms with van der Waals surface area (Å²) in [6.45, 7) is 4.34. The van der Waals surface area contributed by atoms with E-state index >= 15 is 0 Å². The van der Waals surface area contributed by atoms with Gasteiger partial charge in [-0.25, -0.2) is 0 Å². The summed E-state index contributed by atoms with van der Waals surface area (Å²) in [5.74, 6) is -2.35. The normalized spacial score (nSPS) is 35.3. The fraction of sp³-hybridized carbons (Fsp3) is 0.571. The molecular formula is C28H33N3O7. The number of amides is 4. The quantitative estimate of drug-likeness (QED) is 0.435. The van der Waals surface area contributed by atoms with Gasteiger partial charge in [0, 0.05) is 44.9 Å². The van der Waals surface area contributed by atoms with Crippen molar-refractivity contribution in [3.8, 4) is 11.5 Å². The topological polar surface area (TPSA) is 106 Å². The van der Waals surface area contributed by atoms with Gasteiger partial charge in [0.1, 0.15) is 11.7 Å². The number of piperidine rings is 1. The molecular weight excluding hydrogens is 490 g/mol. The SMILES string of the molecule is COc1ccc2c3c1O[C@H]1[C@@]4(OC)C=C[C@@]5(C[C@@H]4C(=O)N(C(C)=O)N(C(C)=O)C(C)=O)[C@@H](C2)N(C)CC[C@]315. The molecule has 0 aromatic heterocycles. The summed E-state index contributed by atoms with van der Waals surface area (Å²) >= 11 is 0. The highest BCUT2D eigenvalue weighted by molar-refractivity contribution is 6.03. The average molecular weight is 524 g/mol. The maximum atomic E-state index is 14.4. The molecule has 2 aliphatic heterocycles. The Kier molecular flexibility index (Phi) is 5.20. The van der Waals surface area contributed by atoms with Crippen LogP contribution in [0, 0.1) is 11.3 Å². The minimum absolute atomic E-state index is 0.0818. The molecule has 4 bridgehead atoms. The van der Waals surface area contributed by atoms with Crippen LogP contribution in [0.5, 0.6) is 11.5 Å². The highest BCUT2D eigenvalue weighted by Crippen LogP contribution is 2.74. The molecule has 6 atom stereocenters. The monoisotopic (exact) mass is 523 g/mol. The Balaban J connectivity index is 1.57. The standard InChI is InChI=1S/C28H33N3O7/c1-15(32)30(16(2)33)31(17(3)34)24(35)19-14-26-9-10-28(19,37-6)25-27(26)11-12-29(4)21(26)13-18-7-8-20(36-5)23(38-25)22(18)27/h7-10,19,21,25H,11-14H2,1-6H3/t19-,21-,25-,26-,27+,28-/m1/s1. The molecule has 202 valence electrons. The molecule has 10 nitrogen and oxygen atoms in total. The molecule has 0 unspecified atom stereocenters. The zero-order valence-corrected chi connectivity index (χ0v) is 22.6. The summed E-state index contributed by atoms with van der Waals surface area (Å²) in [6, 6.07) is 4.13. The Hall–Kier alpha value is -3.24. The van der Waals surface area contributed by atoms with Crippen LogP contribution >= 0.6 is 0 Å². The van der Waals surface area contributed by atoms with Gasteiger partial charge in [0.25, 0.3) is 5.91 Å². The Morgan fingerprint density at radius 2 is 1.71 bits per heavy atom. The second-order valence-electron chi connectivity index (χ2n) is 11.3. The highest BCUT2D eigenvalue weighted by atomic mass is 16.6. The van der Waals surface area contributed by atoms with Crippen LogP contribution in [0.15, 0.2) is 24.3 Å². The highest BCUT2D eigenvalue weighted by Gasteiger charge is 2.80. The first-order valence-corrected chi connectivity index (χ1v) is 13.0. The van der Waals surface area contributed by atoms with Crippen LogP contribution in [0.1, 0.15) is 44.7 Å². The number of ether oxygens (including phenoxy) is 3. The van der Waals surface area contributed by atoms with Crippen molar-refractivity contribution in [1.29, 1.82) is 0 Å². The second-order valence-corrected chi connectivity index (χ2v) is 11.3. The number of likely N-dealkylation sites (N-methyl/N-ethyl adjacent to an activating group) is 1. The maximum absolute atomic E-state index is 14.4. The average Bonchev–Trinajstić information content (AvgIpc) is 3.25. The zero-order valence-electron chi connectivity index (χ0n) is 22.6. The third kappa shape index (κ3) is 2.65. The molecule has 0 radical (unpaired) electrons. The number of rotatable bonds is 3. The maximum Gasteiger partial charge on any atom is 0.255 e. The first-order valence-electron chi connectivity index (χ1n) is 13.0. The molecule has 1 aromatic carbocycles. The van der Waals surface area contributed by atoms with Crippen molar-refractivity contribution >= 4 is 23.6 Å². The molecule has 1 aromatic rings. The van der Waals surface area contributed by atoms with Crippen LogP contribution in [0.4, 0.5) is 0 Å². The van der Waals surface area contributed by atoms with Gasteiger partial charge >= 0.3 is 0 Å². The van der Waals surface area contributed by atoms with Gasteiger partial charge in [-0.2, -0.15) is 10.0 Å². The number of hydrazine groups is 1. The molecule has 2 fully saturated rings. The van der Waals surface area contributed by atoms with Gasteiger partial charge in [-0.1, -0.05) is 18.2 Å². The predicted octanol–water partition coefficient (Wildman–Crippen LogP) is 1.60. The largest absolute Gasteiger partial charge is 0.493 e. The number of fused-ring (bicyclic) bond motifs is 1. The smallest absolute Gasteiger partial charge is 0.255 e. The summed E-state index contributed by atoms with van der Waals surface area (Å²) < 4.78 is 18.8. The summed E-state index contributed by atoms with van der Waals surface area (Å²) in [4.78, 5) is 54.4. The Labute approximate surface area is 221 Å². The molecule has 10 heteroatoms. The van der Waals surface area contributed by atoms with Crippen molar-refractivity contribution in [2.75, 3.05) is 27.8 Å². The van der Waals surface area contributed by atoms with Crippen LogP contribution in [0.2, 0.25) is 0 Å². The number of likely N-dealkylation sites (tertiary alicyclic amines) is 1. The van der Waals surface area contributed by atoms with Crippen molar-refractivity contribution in [2.45, 2.75) is 63.2 Å². The lowest BCUT2D eigenvalue weighted by atomic mass is 9.37. The third-order valence-corrected chi connectivity index (χ3v) is 9.88. The molecule has 4 amide bonds. The van der Waals surface area contributed by atoms with E-state index in [1.807, 2.05) is 12.1 Å². The second kappa shape index (κ2) is 7.89. The van der Waals surface area contributed by atoms with Gasteiger partial charge < -0.3 is 19.1 Å². The lowest BCUT2D eigenvalue weighted by molar-refractivity contribution is -0.222. The van der Waals surface area contributed by atoms with Gasteiger partial charge in [-0.15, -0.1) is 0 Å². The first kappa shape index (κ1) is 25.1. The number of hydrogen-bond donors (Lipinski definition) is 0. The van der Waals surface area contributed by atoms with E-state index in [1.54, 1.807) is 14.2 Å². The molecule has 1 saturated carbocycles. The van der Waals surface area contributed by atoms with Crippen LogP contribution in [-0.2, 0) is 35.8 Å². The lowest BCUT2D eigenvalue weighted by Crippen LogP contribution is -2.80. The summed E-state index contributed by atoms with van der Waals surface area (Å²) in [7, 11) is 5.27. The van der Waals surface area contributed by atoms with E-state index in [4.69, 9.17) is 14.2 Å². The minimum Gasteiger partial charge on any atom is -0.493 e. The van der Waals surface area contributed by atoms with Crippen LogP contribution in [0.3, 0.4) is 0 Å². The fourth-order valence-electron chi connectivity index (χ4n) is 8.53. The predicted molar refractivity (Wildman–Crippen MR) is 134 cm³/mol. The Bertz CT molecular complexity index is 1310. The van der Waals surface area contributed by atoms with Gasteiger partial charge in [0.15, 0.2) is 11.5 Å². The number of carbonyl (C=O) groups excluding carboxylic acids is 4. The van der Waals surface area contributed by atoms with Crippen molar-refractivity contribution in [1.82, 2.24) is 14.9 Å². The summed E-state index contributed by atoms with van der Waals surface area (Å²) in [5.41, 5.74) is 0.177. The Morgan fingerprint density at radius 3 is 2.32 bits per heavy atom. The zero-order chi connectivity index (χ0) is 27.4. The molecule has 7 rings (SSSR count). The molecule has 2 spiro atoms. The van der Waals surface area contributed by atoms with Crippen molar-refractivity contribution in [3.63, 3.8) is 0 Å². The van der Waals surface area contributed by atoms with Gasteiger partial charge in [0.05, 0.1) is 18.4 Å². The molecule has 2 heterocycles. The number of benzene rings is 1. The van der Waals surface area contributed by atoms with E-state index in [2.05, 4.69) is 24.1 Å². The third-order valence-electron chi connectivity index (χ3n) is 9.88. The molecule has 0 N–H and O–H groups in total. The van der Waals surface area contributed by atoms with Gasteiger partial charge in [-0.05, 0) is 44.5 Å². The number of nitrogens with zero attached hydrogens (tertiary/aromatic N) is 3. The molecule has 38 heavy (non-hydrogen) atoms. The van der Waals surface area contributed by atoms with E-state index in [9.17, 15) is 19.2 Å². The van der Waals surface area contributed by atoms with Crippen molar-refractivity contribution < 1.29 is 33.4 Å². The Morgan fingerprint density at radius 1 is 1.03 bits per heavy atom. The van der Waals surface area contributed by atoms with E-state index in [0.717, 1.165) is 38.8 Å². The van der Waals surface area contributed by atoms with E-state index in [1.165, 1.54) is 12.5 Å². The van der Waals surface area contributed by atoms with Crippen LogP contribution < -0.4 is 9.47 Å². The van der Waals surface area contributed by atoms with Crippen molar-refractivity contribution in [3.05, 3.63) is 35.4 Å². The van der Waals surface area contributed by atoms with Gasteiger partial charge in [-0.3, -0.25) is 19.2 Å². The van der Waals surface area contributed by atoms with E-state index in [0.29, 0.717) is 27.9 Å². The van der Waals surface area contributed by atoms with Crippen LogP contribution in [0.25, 0.3) is 0 Å². The van der Waals surface area contributed by atoms with Crippen LogP contribution in [-0.4, -0.2) is 84.1 Å². The van der Waals surface area contributed by atoms with E-state index < -0.39 is 52.1 Å².